The largest absolute Gasteiger partial charge is 0.326 e. The fourth-order valence-electron chi connectivity index (χ4n) is 2.63. The molecule has 3 rings (SSSR count). The Morgan fingerprint density at radius 3 is 2.38 bits per heavy atom. The standard InChI is InChI=1S/C18H22N3/c1-14-10-11-17-19-18(15-8-6-5-7-9-15)16(20(17)12-14)13-21(2,3)4/h5-12H,13H2,1-4H3/q+1. The Hall–Kier alpha value is -2.13. The number of benzene rings is 1. The summed E-state index contributed by atoms with van der Waals surface area (Å²) in [4.78, 5) is 4.86. The van der Waals surface area contributed by atoms with E-state index in [0.717, 1.165) is 22.4 Å². The summed E-state index contributed by atoms with van der Waals surface area (Å²) < 4.78 is 3.11. The van der Waals surface area contributed by atoms with Gasteiger partial charge in [-0.05, 0) is 18.6 Å². The molecule has 0 bridgehead atoms. The van der Waals surface area contributed by atoms with Crippen LogP contribution >= 0.6 is 0 Å². The number of hydrogen-bond acceptors (Lipinski definition) is 1. The summed E-state index contributed by atoms with van der Waals surface area (Å²) in [6, 6.07) is 14.7. The van der Waals surface area contributed by atoms with Crippen LogP contribution in [-0.4, -0.2) is 35.0 Å². The van der Waals surface area contributed by atoms with E-state index in [0.29, 0.717) is 0 Å². The van der Waals surface area contributed by atoms with Crippen LogP contribution in [0.15, 0.2) is 48.7 Å². The average molecular weight is 280 g/mol. The third kappa shape index (κ3) is 2.83. The number of imidazole rings is 1. The van der Waals surface area contributed by atoms with Gasteiger partial charge in [0.05, 0.1) is 26.8 Å². The highest BCUT2D eigenvalue weighted by atomic mass is 15.3. The second-order valence-electron chi connectivity index (χ2n) is 6.66. The molecule has 0 atom stereocenters. The lowest BCUT2D eigenvalue weighted by molar-refractivity contribution is -0.884. The molecule has 3 nitrogen and oxygen atoms in total. The van der Waals surface area contributed by atoms with Crippen LogP contribution in [0.2, 0.25) is 0 Å². The molecule has 0 aliphatic heterocycles. The van der Waals surface area contributed by atoms with Crippen molar-refractivity contribution in [2.45, 2.75) is 13.5 Å². The number of aromatic nitrogens is 2. The number of pyridine rings is 1. The normalized spacial score (nSPS) is 12.0. The maximum absolute atomic E-state index is 4.86. The van der Waals surface area contributed by atoms with E-state index < -0.39 is 0 Å². The predicted octanol–water partition coefficient (Wildman–Crippen LogP) is 3.52. The number of nitrogens with zero attached hydrogens (tertiary/aromatic N) is 3. The Kier molecular flexibility index (Phi) is 3.30. The molecule has 1 aromatic carbocycles. The van der Waals surface area contributed by atoms with Gasteiger partial charge in [-0.2, -0.15) is 0 Å². The molecular formula is C18H22N3+. The van der Waals surface area contributed by atoms with Crippen LogP contribution in [0.4, 0.5) is 0 Å². The van der Waals surface area contributed by atoms with Crippen molar-refractivity contribution >= 4 is 5.65 Å². The molecule has 0 unspecified atom stereocenters. The summed E-state index contributed by atoms with van der Waals surface area (Å²) in [5.41, 5.74) is 5.81. The molecule has 0 saturated heterocycles. The number of fused-ring (bicyclic) bond motifs is 1. The first kappa shape index (κ1) is 13.8. The van der Waals surface area contributed by atoms with Gasteiger partial charge in [-0.15, -0.1) is 0 Å². The molecular weight excluding hydrogens is 258 g/mol. The van der Waals surface area contributed by atoms with Crippen molar-refractivity contribution in [3.8, 4) is 11.3 Å². The number of rotatable bonds is 3. The van der Waals surface area contributed by atoms with Gasteiger partial charge in [0.2, 0.25) is 0 Å². The van der Waals surface area contributed by atoms with Crippen LogP contribution in [-0.2, 0) is 6.54 Å². The Balaban J connectivity index is 2.25. The number of aryl methyl sites for hydroxylation is 1. The molecule has 3 aromatic rings. The van der Waals surface area contributed by atoms with E-state index in [1.807, 2.05) is 6.07 Å². The summed E-state index contributed by atoms with van der Waals surface area (Å²) in [6.07, 6.45) is 2.18. The molecule has 0 N–H and O–H groups in total. The molecule has 2 aromatic heterocycles. The highest BCUT2D eigenvalue weighted by molar-refractivity contribution is 5.66. The minimum Gasteiger partial charge on any atom is -0.326 e. The second-order valence-corrected chi connectivity index (χ2v) is 6.66. The average Bonchev–Trinajstić information content (AvgIpc) is 2.76. The fourth-order valence-corrected chi connectivity index (χ4v) is 2.63. The highest BCUT2D eigenvalue weighted by Crippen LogP contribution is 2.26. The van der Waals surface area contributed by atoms with Crippen molar-refractivity contribution in [1.29, 1.82) is 0 Å². The van der Waals surface area contributed by atoms with Crippen molar-refractivity contribution in [2.24, 2.45) is 0 Å². The lowest BCUT2D eigenvalue weighted by Crippen LogP contribution is -2.34. The summed E-state index contributed by atoms with van der Waals surface area (Å²) in [5, 5.41) is 0. The summed E-state index contributed by atoms with van der Waals surface area (Å²) in [6.45, 7) is 3.06. The molecule has 0 radical (unpaired) electrons. The second kappa shape index (κ2) is 5.01. The van der Waals surface area contributed by atoms with Crippen molar-refractivity contribution in [2.75, 3.05) is 21.1 Å². The van der Waals surface area contributed by atoms with E-state index in [2.05, 4.69) is 75.1 Å². The first-order valence-electron chi connectivity index (χ1n) is 7.27. The third-order valence-electron chi connectivity index (χ3n) is 3.54. The molecule has 0 saturated carbocycles. The SMILES string of the molecule is Cc1ccc2nc(-c3ccccc3)c(C[N+](C)(C)C)n2c1. The fraction of sp³-hybridized carbons (Fsp3) is 0.278. The topological polar surface area (TPSA) is 17.3 Å². The molecule has 108 valence electrons. The smallest absolute Gasteiger partial charge is 0.137 e. The van der Waals surface area contributed by atoms with Gasteiger partial charge in [0.25, 0.3) is 0 Å². The lowest BCUT2D eigenvalue weighted by atomic mass is 10.1. The zero-order chi connectivity index (χ0) is 15.0. The monoisotopic (exact) mass is 280 g/mol. The van der Waals surface area contributed by atoms with E-state index >= 15 is 0 Å². The van der Waals surface area contributed by atoms with Crippen LogP contribution in [0.3, 0.4) is 0 Å². The van der Waals surface area contributed by atoms with Crippen molar-refractivity contribution < 1.29 is 4.48 Å². The van der Waals surface area contributed by atoms with E-state index in [-0.39, 0.29) is 0 Å². The van der Waals surface area contributed by atoms with Gasteiger partial charge < -0.3 is 4.48 Å². The molecule has 0 aliphatic rings. The first-order valence-corrected chi connectivity index (χ1v) is 7.27. The summed E-state index contributed by atoms with van der Waals surface area (Å²) in [7, 11) is 6.64. The van der Waals surface area contributed by atoms with Crippen LogP contribution in [0.5, 0.6) is 0 Å². The minimum atomic E-state index is 0.877. The molecule has 21 heavy (non-hydrogen) atoms. The third-order valence-corrected chi connectivity index (χ3v) is 3.54. The van der Waals surface area contributed by atoms with Crippen molar-refractivity contribution in [3.05, 3.63) is 59.9 Å². The maximum Gasteiger partial charge on any atom is 0.137 e. The van der Waals surface area contributed by atoms with Crippen LogP contribution in [0, 0.1) is 6.92 Å². The van der Waals surface area contributed by atoms with E-state index in [1.54, 1.807) is 0 Å². The quantitative estimate of drug-likeness (QED) is 0.671. The van der Waals surface area contributed by atoms with E-state index in [9.17, 15) is 0 Å². The molecule has 0 aliphatic carbocycles. The van der Waals surface area contributed by atoms with Crippen molar-refractivity contribution in [1.82, 2.24) is 9.38 Å². The summed E-state index contributed by atoms with van der Waals surface area (Å²) >= 11 is 0. The Morgan fingerprint density at radius 1 is 1.00 bits per heavy atom. The summed E-state index contributed by atoms with van der Waals surface area (Å²) in [5.74, 6) is 0. The Morgan fingerprint density at radius 2 is 1.71 bits per heavy atom. The predicted molar refractivity (Wildman–Crippen MR) is 87.1 cm³/mol. The van der Waals surface area contributed by atoms with E-state index in [4.69, 9.17) is 4.98 Å². The van der Waals surface area contributed by atoms with Gasteiger partial charge in [-0.3, -0.25) is 4.40 Å². The van der Waals surface area contributed by atoms with Gasteiger partial charge in [0, 0.05) is 11.8 Å². The highest BCUT2D eigenvalue weighted by Gasteiger charge is 2.19. The van der Waals surface area contributed by atoms with Gasteiger partial charge in [0.1, 0.15) is 17.9 Å². The molecule has 0 amide bonds. The lowest BCUT2D eigenvalue weighted by Gasteiger charge is -2.24. The molecule has 0 fully saturated rings. The molecule has 2 heterocycles. The van der Waals surface area contributed by atoms with Gasteiger partial charge in [0.15, 0.2) is 0 Å². The Bertz CT molecular complexity index is 764. The van der Waals surface area contributed by atoms with E-state index in [1.165, 1.54) is 16.8 Å². The van der Waals surface area contributed by atoms with Gasteiger partial charge in [-0.25, -0.2) is 4.98 Å². The number of quaternary nitrogens is 1. The number of hydrogen-bond donors (Lipinski definition) is 0. The zero-order valence-electron chi connectivity index (χ0n) is 13.2. The van der Waals surface area contributed by atoms with Crippen LogP contribution < -0.4 is 0 Å². The first-order chi connectivity index (χ1) is 9.94. The zero-order valence-corrected chi connectivity index (χ0v) is 13.2. The molecule has 3 heteroatoms. The van der Waals surface area contributed by atoms with Gasteiger partial charge >= 0.3 is 0 Å². The van der Waals surface area contributed by atoms with Crippen molar-refractivity contribution in [3.63, 3.8) is 0 Å². The van der Waals surface area contributed by atoms with Crippen LogP contribution in [0.1, 0.15) is 11.3 Å². The van der Waals surface area contributed by atoms with Crippen LogP contribution in [0.25, 0.3) is 16.9 Å². The molecule has 0 spiro atoms. The Labute approximate surface area is 126 Å². The maximum atomic E-state index is 4.86. The van der Waals surface area contributed by atoms with Gasteiger partial charge in [-0.1, -0.05) is 36.4 Å². The minimum absolute atomic E-state index is 0.877.